The Bertz CT molecular complexity index is 975. The van der Waals surface area contributed by atoms with Gasteiger partial charge in [0.15, 0.2) is 6.21 Å². The lowest BCUT2D eigenvalue weighted by molar-refractivity contribution is -0.148. The van der Waals surface area contributed by atoms with Crippen molar-refractivity contribution in [2.24, 2.45) is 33.9 Å². The van der Waals surface area contributed by atoms with E-state index >= 15 is 0 Å². The van der Waals surface area contributed by atoms with E-state index in [-0.39, 0.29) is 36.5 Å². The molecular weight excluding hydrogens is 542 g/mol. The molecule has 8 nitrogen and oxygen atoms in total. The Hall–Kier alpha value is -1.74. The molecule has 2 heterocycles. The van der Waals surface area contributed by atoms with E-state index in [1.165, 1.54) is 50.2 Å². The number of carbonyl (C=O) groups is 2. The fourth-order valence-electron chi connectivity index (χ4n) is 8.47. The van der Waals surface area contributed by atoms with E-state index in [9.17, 15) is 14.7 Å². The van der Waals surface area contributed by atoms with E-state index < -0.39 is 6.10 Å². The SMILES string of the molecule is CCC(CCC(CC(=O)CCC1CCC(O)C(OC)C1)OC(C)=O)CC1=C(CC2(C3CCNC(N)C3)CCCC2)C=N[CH+]1. The number of piperidine rings is 1. The number of carbonyl (C=O) groups excluding carboxylic acids is 2. The van der Waals surface area contributed by atoms with Gasteiger partial charge < -0.3 is 25.6 Å². The van der Waals surface area contributed by atoms with Crippen LogP contribution in [-0.4, -0.2) is 61.2 Å². The summed E-state index contributed by atoms with van der Waals surface area (Å²) in [6.07, 6.45) is 17.5. The van der Waals surface area contributed by atoms with Crippen LogP contribution in [0.2, 0.25) is 0 Å². The first-order valence-corrected chi connectivity index (χ1v) is 17.2. The highest BCUT2D eigenvalue weighted by Crippen LogP contribution is 2.52. The lowest BCUT2D eigenvalue weighted by Gasteiger charge is -2.41. The number of Topliss-reactive ketones (excluding diaryl/α,β-unsaturated/α-hetero) is 1. The third-order valence-electron chi connectivity index (χ3n) is 11.1. The number of allylic oxidation sites excluding steroid dienone is 1. The van der Waals surface area contributed by atoms with Crippen molar-refractivity contribution in [1.29, 1.82) is 0 Å². The first-order valence-electron chi connectivity index (χ1n) is 17.2. The molecular formula is C35H58N3O5+. The van der Waals surface area contributed by atoms with Gasteiger partial charge in [0.25, 0.3) is 0 Å². The number of nitrogens with one attached hydrogen (secondary N) is 1. The van der Waals surface area contributed by atoms with Crippen molar-refractivity contribution >= 4 is 18.0 Å². The highest BCUT2D eigenvalue weighted by atomic mass is 16.5. The average Bonchev–Trinajstić information content (AvgIpc) is 3.64. The molecule has 0 aromatic rings. The minimum absolute atomic E-state index is 0.110. The average molecular weight is 601 g/mol. The molecule has 4 N–H and O–H groups in total. The molecule has 242 valence electrons. The third kappa shape index (κ3) is 9.87. The van der Waals surface area contributed by atoms with Gasteiger partial charge in [0.2, 0.25) is 0 Å². The molecule has 43 heavy (non-hydrogen) atoms. The fraction of sp³-hybridized carbons (Fsp3) is 0.829. The largest absolute Gasteiger partial charge is 0.462 e. The van der Waals surface area contributed by atoms with Crippen molar-refractivity contribution in [2.75, 3.05) is 13.7 Å². The highest BCUT2D eigenvalue weighted by molar-refractivity contribution is 5.84. The Morgan fingerprint density at radius 1 is 1.21 bits per heavy atom. The van der Waals surface area contributed by atoms with Gasteiger partial charge in [-0.05, 0) is 93.9 Å². The molecule has 2 saturated carbocycles. The van der Waals surface area contributed by atoms with Crippen LogP contribution in [0.4, 0.5) is 0 Å². The van der Waals surface area contributed by atoms with E-state index in [0.29, 0.717) is 36.0 Å². The monoisotopic (exact) mass is 600 g/mol. The molecule has 2 aliphatic carbocycles. The second-order valence-electron chi connectivity index (χ2n) is 14.1. The first kappa shape index (κ1) is 34.1. The number of nitrogens with two attached hydrogens (primary N) is 1. The van der Waals surface area contributed by atoms with Crippen LogP contribution in [0.15, 0.2) is 16.1 Å². The number of hydrogen-bond donors (Lipinski definition) is 3. The van der Waals surface area contributed by atoms with E-state index in [2.05, 4.69) is 30.0 Å². The second kappa shape index (κ2) is 16.5. The first-order chi connectivity index (χ1) is 20.7. The van der Waals surface area contributed by atoms with Crippen molar-refractivity contribution in [3.8, 4) is 0 Å². The third-order valence-corrected chi connectivity index (χ3v) is 11.1. The molecule has 0 bridgehead atoms. The topological polar surface area (TPSA) is 123 Å². The Kier molecular flexibility index (Phi) is 13.1. The molecule has 1 saturated heterocycles. The molecule has 7 atom stereocenters. The number of nitrogens with zero attached hydrogens (tertiary/aromatic N) is 1. The van der Waals surface area contributed by atoms with Gasteiger partial charge in [0.1, 0.15) is 24.0 Å². The zero-order valence-corrected chi connectivity index (χ0v) is 27.0. The van der Waals surface area contributed by atoms with E-state index in [0.717, 1.165) is 64.3 Å². The lowest BCUT2D eigenvalue weighted by Crippen LogP contribution is -2.48. The molecule has 0 radical (unpaired) electrons. The number of rotatable bonds is 16. The quantitative estimate of drug-likeness (QED) is 0.151. The molecule has 0 aromatic carbocycles. The maximum Gasteiger partial charge on any atom is 0.302 e. The van der Waals surface area contributed by atoms with Gasteiger partial charge in [-0.25, -0.2) is 0 Å². The highest BCUT2D eigenvalue weighted by Gasteiger charge is 2.45. The molecule has 4 rings (SSSR count). The molecule has 7 unspecified atom stereocenters. The van der Waals surface area contributed by atoms with Crippen LogP contribution in [0.3, 0.4) is 0 Å². The van der Waals surface area contributed by atoms with E-state index in [1.807, 2.05) is 0 Å². The number of aliphatic hydroxyl groups excluding tert-OH is 1. The fourth-order valence-corrected chi connectivity index (χ4v) is 8.47. The summed E-state index contributed by atoms with van der Waals surface area (Å²) in [5, 5.41) is 13.5. The Labute approximate surface area is 260 Å². The van der Waals surface area contributed by atoms with E-state index in [4.69, 9.17) is 15.2 Å². The van der Waals surface area contributed by atoms with Crippen molar-refractivity contribution in [3.63, 3.8) is 0 Å². The Balaban J connectivity index is 1.30. The van der Waals surface area contributed by atoms with Crippen LogP contribution >= 0.6 is 0 Å². The summed E-state index contributed by atoms with van der Waals surface area (Å²) in [6, 6.07) is 0. The molecule has 3 fully saturated rings. The standard InChI is InChI=1S/C35H58N3O5/c1-4-25(8-11-31(43-24(2)39)20-30(40)10-7-26-9-12-32(41)33(18-26)42-3)17-27-22-37-23-28(27)21-35(14-5-6-15-35)29-13-16-38-34(36)19-29/h22-23,25-26,29,31-34,38,41H,4-21,36H2,1-3H3/q+1. The number of aliphatic hydroxyl groups is 1. The number of ether oxygens (including phenoxy) is 2. The zero-order valence-electron chi connectivity index (χ0n) is 27.0. The summed E-state index contributed by atoms with van der Waals surface area (Å²) in [5.74, 6) is 1.33. The number of methoxy groups -OCH3 is 1. The zero-order chi connectivity index (χ0) is 30.8. The van der Waals surface area contributed by atoms with Crippen LogP contribution in [0, 0.1) is 29.7 Å². The van der Waals surface area contributed by atoms with Gasteiger partial charge in [-0.3, -0.25) is 9.59 Å². The van der Waals surface area contributed by atoms with Crippen molar-refractivity contribution in [2.45, 2.75) is 147 Å². The summed E-state index contributed by atoms with van der Waals surface area (Å²) in [7, 11) is 1.64. The maximum atomic E-state index is 13.0. The predicted octanol–water partition coefficient (Wildman–Crippen LogP) is 5.81. The van der Waals surface area contributed by atoms with Crippen LogP contribution in [0.1, 0.15) is 123 Å². The Morgan fingerprint density at radius 2 is 2.00 bits per heavy atom. The summed E-state index contributed by atoms with van der Waals surface area (Å²) in [6.45, 7) is 6.75. The van der Waals surface area contributed by atoms with E-state index in [1.54, 1.807) is 7.11 Å². The summed E-state index contributed by atoms with van der Waals surface area (Å²) in [4.78, 5) is 29.5. The lowest BCUT2D eigenvalue weighted by atomic mass is 9.65. The van der Waals surface area contributed by atoms with Gasteiger partial charge in [0.05, 0.1) is 23.9 Å². The minimum Gasteiger partial charge on any atom is -0.462 e. The predicted molar refractivity (Wildman–Crippen MR) is 170 cm³/mol. The molecule has 4 aliphatic rings. The molecule has 0 amide bonds. The van der Waals surface area contributed by atoms with Gasteiger partial charge in [-0.2, -0.15) is 0 Å². The van der Waals surface area contributed by atoms with Crippen molar-refractivity contribution < 1.29 is 24.2 Å². The number of hydrogen-bond acceptors (Lipinski definition) is 8. The molecule has 8 heteroatoms. The Morgan fingerprint density at radius 3 is 2.70 bits per heavy atom. The minimum atomic E-state index is -0.408. The summed E-state index contributed by atoms with van der Waals surface area (Å²) < 4.78 is 11.1. The molecule has 0 aromatic heterocycles. The van der Waals surface area contributed by atoms with Gasteiger partial charge in [-0.15, -0.1) is 4.99 Å². The smallest absolute Gasteiger partial charge is 0.302 e. The van der Waals surface area contributed by atoms with Gasteiger partial charge in [0, 0.05) is 39.7 Å². The van der Waals surface area contributed by atoms with Crippen LogP contribution in [-0.2, 0) is 19.1 Å². The summed E-state index contributed by atoms with van der Waals surface area (Å²) >= 11 is 0. The van der Waals surface area contributed by atoms with Crippen LogP contribution in [0.5, 0.6) is 0 Å². The van der Waals surface area contributed by atoms with Gasteiger partial charge >= 0.3 is 5.97 Å². The van der Waals surface area contributed by atoms with Gasteiger partial charge in [-0.1, -0.05) is 26.2 Å². The van der Waals surface area contributed by atoms with Crippen molar-refractivity contribution in [3.05, 3.63) is 17.7 Å². The number of aliphatic imine (C=N–C) groups is 1. The molecule has 2 aliphatic heterocycles. The van der Waals surface area contributed by atoms with Crippen LogP contribution < -0.4 is 11.1 Å². The second-order valence-corrected chi connectivity index (χ2v) is 14.1. The van der Waals surface area contributed by atoms with Crippen molar-refractivity contribution in [1.82, 2.24) is 5.32 Å². The number of ketones is 1. The number of esters is 1. The molecule has 0 spiro atoms. The summed E-state index contributed by atoms with van der Waals surface area (Å²) in [5.41, 5.74) is 9.45. The van der Waals surface area contributed by atoms with Crippen LogP contribution in [0.25, 0.3) is 0 Å². The normalized spacial score (nSPS) is 30.2. The maximum absolute atomic E-state index is 13.0.